The SMILES string of the molecule is CC(C)CCCC(C)NC(=O)CN1CCCCCC1=O. The van der Waals surface area contributed by atoms with Gasteiger partial charge in [0.2, 0.25) is 11.8 Å². The third-order valence-electron chi connectivity index (χ3n) is 3.83. The summed E-state index contributed by atoms with van der Waals surface area (Å²) in [6.45, 7) is 7.44. The molecule has 1 aliphatic rings. The van der Waals surface area contributed by atoms with Gasteiger partial charge in [0.1, 0.15) is 0 Å². The summed E-state index contributed by atoms with van der Waals surface area (Å²) in [5.74, 6) is 0.829. The molecule has 1 fully saturated rings. The van der Waals surface area contributed by atoms with Crippen LogP contribution in [0.15, 0.2) is 0 Å². The second kappa shape index (κ2) is 8.98. The van der Waals surface area contributed by atoms with Gasteiger partial charge in [-0.15, -0.1) is 0 Å². The molecular formula is C16H30N2O2. The van der Waals surface area contributed by atoms with Crippen molar-refractivity contribution < 1.29 is 9.59 Å². The van der Waals surface area contributed by atoms with Crippen molar-refractivity contribution in [2.75, 3.05) is 13.1 Å². The highest BCUT2D eigenvalue weighted by molar-refractivity contribution is 5.85. The smallest absolute Gasteiger partial charge is 0.239 e. The highest BCUT2D eigenvalue weighted by atomic mass is 16.2. The molecule has 2 amide bonds. The molecule has 4 heteroatoms. The molecule has 116 valence electrons. The van der Waals surface area contributed by atoms with Gasteiger partial charge in [0.25, 0.3) is 0 Å². The minimum atomic E-state index is -0.0164. The summed E-state index contributed by atoms with van der Waals surface area (Å²) < 4.78 is 0. The lowest BCUT2D eigenvalue weighted by molar-refractivity contribution is -0.135. The zero-order valence-electron chi connectivity index (χ0n) is 13.3. The van der Waals surface area contributed by atoms with E-state index in [0.717, 1.165) is 38.6 Å². The van der Waals surface area contributed by atoms with Crippen LogP contribution < -0.4 is 5.32 Å². The van der Waals surface area contributed by atoms with Crippen molar-refractivity contribution in [3.63, 3.8) is 0 Å². The van der Waals surface area contributed by atoms with Gasteiger partial charge in [-0.2, -0.15) is 0 Å². The van der Waals surface area contributed by atoms with Crippen molar-refractivity contribution in [1.82, 2.24) is 10.2 Å². The molecule has 1 N–H and O–H groups in total. The Balaban J connectivity index is 2.25. The van der Waals surface area contributed by atoms with Crippen molar-refractivity contribution in [3.05, 3.63) is 0 Å². The Morgan fingerprint density at radius 1 is 1.20 bits per heavy atom. The van der Waals surface area contributed by atoms with E-state index in [1.165, 1.54) is 6.42 Å². The molecule has 0 saturated carbocycles. The Labute approximate surface area is 123 Å². The topological polar surface area (TPSA) is 49.4 Å². The number of carbonyl (C=O) groups is 2. The molecule has 1 unspecified atom stereocenters. The summed E-state index contributed by atoms with van der Waals surface area (Å²) in [6.07, 6.45) is 7.02. The molecule has 4 nitrogen and oxygen atoms in total. The van der Waals surface area contributed by atoms with Crippen LogP contribution in [0.25, 0.3) is 0 Å². The second-order valence-corrected chi connectivity index (χ2v) is 6.42. The maximum atomic E-state index is 12.0. The van der Waals surface area contributed by atoms with Crippen molar-refractivity contribution >= 4 is 11.8 Å². The summed E-state index contributed by atoms with van der Waals surface area (Å²) in [5, 5.41) is 3.01. The number of hydrogen-bond donors (Lipinski definition) is 1. The van der Waals surface area contributed by atoms with Gasteiger partial charge in [-0.3, -0.25) is 9.59 Å². The van der Waals surface area contributed by atoms with Crippen LogP contribution in [-0.2, 0) is 9.59 Å². The number of hydrogen-bond acceptors (Lipinski definition) is 2. The molecule has 0 aromatic carbocycles. The van der Waals surface area contributed by atoms with Crippen LogP contribution in [0.5, 0.6) is 0 Å². The molecule has 20 heavy (non-hydrogen) atoms. The Hall–Kier alpha value is -1.06. The number of carbonyl (C=O) groups excluding carboxylic acids is 2. The molecule has 0 radical (unpaired) electrons. The molecule has 0 bridgehead atoms. The van der Waals surface area contributed by atoms with E-state index in [0.29, 0.717) is 12.3 Å². The lowest BCUT2D eigenvalue weighted by Crippen LogP contribution is -2.43. The lowest BCUT2D eigenvalue weighted by Gasteiger charge is -2.21. The fourth-order valence-corrected chi connectivity index (χ4v) is 2.60. The Morgan fingerprint density at radius 2 is 1.95 bits per heavy atom. The zero-order chi connectivity index (χ0) is 15.0. The van der Waals surface area contributed by atoms with Crippen LogP contribution in [0.4, 0.5) is 0 Å². The number of rotatable bonds is 7. The maximum Gasteiger partial charge on any atom is 0.239 e. The summed E-state index contributed by atoms with van der Waals surface area (Å²) in [7, 11) is 0. The van der Waals surface area contributed by atoms with E-state index in [-0.39, 0.29) is 24.4 Å². The van der Waals surface area contributed by atoms with Crippen molar-refractivity contribution in [3.8, 4) is 0 Å². The van der Waals surface area contributed by atoms with E-state index in [1.807, 2.05) is 6.92 Å². The lowest BCUT2D eigenvalue weighted by atomic mass is 10.0. The van der Waals surface area contributed by atoms with Gasteiger partial charge >= 0.3 is 0 Å². The molecule has 0 aliphatic carbocycles. The first kappa shape index (κ1) is 17.0. The third kappa shape index (κ3) is 6.92. The fraction of sp³-hybridized carbons (Fsp3) is 0.875. The predicted octanol–water partition coefficient (Wildman–Crippen LogP) is 2.72. The second-order valence-electron chi connectivity index (χ2n) is 6.42. The largest absolute Gasteiger partial charge is 0.352 e. The fourth-order valence-electron chi connectivity index (χ4n) is 2.60. The van der Waals surface area contributed by atoms with Gasteiger partial charge < -0.3 is 10.2 Å². The van der Waals surface area contributed by atoms with E-state index < -0.39 is 0 Å². The van der Waals surface area contributed by atoms with Crippen LogP contribution in [-0.4, -0.2) is 35.8 Å². The van der Waals surface area contributed by atoms with E-state index >= 15 is 0 Å². The van der Waals surface area contributed by atoms with Crippen LogP contribution >= 0.6 is 0 Å². The minimum Gasteiger partial charge on any atom is -0.352 e. The Kier molecular flexibility index (Phi) is 7.63. The highest BCUT2D eigenvalue weighted by Gasteiger charge is 2.19. The monoisotopic (exact) mass is 282 g/mol. The average Bonchev–Trinajstić information content (AvgIpc) is 2.54. The van der Waals surface area contributed by atoms with Crippen molar-refractivity contribution in [1.29, 1.82) is 0 Å². The minimum absolute atomic E-state index is 0.0164. The summed E-state index contributed by atoms with van der Waals surface area (Å²) in [5.41, 5.74) is 0. The van der Waals surface area contributed by atoms with Gasteiger partial charge in [0.05, 0.1) is 6.54 Å². The Morgan fingerprint density at radius 3 is 2.65 bits per heavy atom. The first-order valence-corrected chi connectivity index (χ1v) is 8.06. The quantitative estimate of drug-likeness (QED) is 0.780. The zero-order valence-corrected chi connectivity index (χ0v) is 13.3. The van der Waals surface area contributed by atoms with Crippen molar-refractivity contribution in [2.45, 2.75) is 71.8 Å². The standard InChI is InChI=1S/C16H30N2O2/c1-13(2)8-7-9-14(3)17-15(19)12-18-11-6-4-5-10-16(18)20/h13-14H,4-12H2,1-3H3,(H,17,19). The van der Waals surface area contributed by atoms with Crippen molar-refractivity contribution in [2.24, 2.45) is 5.92 Å². The molecule has 1 atom stereocenters. The molecule has 0 aromatic rings. The number of nitrogens with zero attached hydrogens (tertiary/aromatic N) is 1. The summed E-state index contributed by atoms with van der Waals surface area (Å²) in [6, 6.07) is 0.198. The first-order valence-electron chi connectivity index (χ1n) is 8.06. The van der Waals surface area contributed by atoms with Gasteiger partial charge in [-0.05, 0) is 32.1 Å². The molecule has 1 rings (SSSR count). The molecule has 1 saturated heterocycles. The molecule has 1 aliphatic heterocycles. The first-order chi connectivity index (χ1) is 9.49. The molecule has 0 spiro atoms. The predicted molar refractivity (Wildman–Crippen MR) is 81.3 cm³/mol. The van der Waals surface area contributed by atoms with Gasteiger partial charge in [0, 0.05) is 19.0 Å². The van der Waals surface area contributed by atoms with Crippen LogP contribution in [0.2, 0.25) is 0 Å². The highest BCUT2D eigenvalue weighted by Crippen LogP contribution is 2.11. The van der Waals surface area contributed by atoms with Gasteiger partial charge in [0.15, 0.2) is 0 Å². The number of likely N-dealkylation sites (tertiary alicyclic amines) is 1. The van der Waals surface area contributed by atoms with Gasteiger partial charge in [-0.25, -0.2) is 0 Å². The molecular weight excluding hydrogens is 252 g/mol. The summed E-state index contributed by atoms with van der Waals surface area (Å²) >= 11 is 0. The van der Waals surface area contributed by atoms with E-state index in [4.69, 9.17) is 0 Å². The van der Waals surface area contributed by atoms with E-state index in [9.17, 15) is 9.59 Å². The normalized spacial score (nSPS) is 18.0. The van der Waals surface area contributed by atoms with E-state index in [1.54, 1.807) is 4.90 Å². The number of amides is 2. The Bertz CT molecular complexity index is 316. The van der Waals surface area contributed by atoms with E-state index in [2.05, 4.69) is 19.2 Å². The average molecular weight is 282 g/mol. The van der Waals surface area contributed by atoms with Crippen LogP contribution in [0.1, 0.15) is 65.7 Å². The molecule has 0 aromatic heterocycles. The van der Waals surface area contributed by atoms with Crippen LogP contribution in [0, 0.1) is 5.92 Å². The summed E-state index contributed by atoms with van der Waals surface area (Å²) in [4.78, 5) is 25.5. The number of nitrogens with one attached hydrogen (secondary N) is 1. The van der Waals surface area contributed by atoms with Crippen LogP contribution in [0.3, 0.4) is 0 Å². The molecule has 1 heterocycles. The third-order valence-corrected chi connectivity index (χ3v) is 3.83. The maximum absolute atomic E-state index is 12.0. The van der Waals surface area contributed by atoms with Gasteiger partial charge in [-0.1, -0.05) is 33.1 Å².